The average molecular weight is 277 g/mol. The number of rotatable bonds is 7. The number of aromatic nitrogens is 1. The van der Waals surface area contributed by atoms with Gasteiger partial charge in [-0.25, -0.2) is 0 Å². The van der Waals surface area contributed by atoms with Gasteiger partial charge in [-0.15, -0.1) is 0 Å². The third kappa shape index (κ3) is 5.57. The maximum Gasteiger partial charge on any atom is 0.0678 e. The van der Waals surface area contributed by atoms with Crippen molar-refractivity contribution < 1.29 is 4.74 Å². The van der Waals surface area contributed by atoms with E-state index in [1.807, 2.05) is 18.5 Å². The van der Waals surface area contributed by atoms with Crippen molar-refractivity contribution in [2.75, 3.05) is 26.2 Å². The second-order valence-corrected chi connectivity index (χ2v) is 5.76. The van der Waals surface area contributed by atoms with E-state index in [4.69, 9.17) is 4.74 Å². The van der Waals surface area contributed by atoms with Crippen molar-refractivity contribution in [3.8, 4) is 0 Å². The topological polar surface area (TPSA) is 37.4 Å². The molecule has 0 saturated carbocycles. The predicted octanol–water partition coefficient (Wildman–Crippen LogP) is 2.06. The summed E-state index contributed by atoms with van der Waals surface area (Å²) in [5, 5.41) is 3.47. The Kier molecular flexibility index (Phi) is 6.43. The van der Waals surface area contributed by atoms with Gasteiger partial charge in [0.2, 0.25) is 0 Å². The fourth-order valence-corrected chi connectivity index (χ4v) is 2.79. The fourth-order valence-electron chi connectivity index (χ4n) is 2.79. The first-order valence-electron chi connectivity index (χ1n) is 7.71. The van der Waals surface area contributed by atoms with Gasteiger partial charge >= 0.3 is 0 Å². The Hall–Kier alpha value is -0.970. The van der Waals surface area contributed by atoms with Crippen molar-refractivity contribution in [1.29, 1.82) is 0 Å². The van der Waals surface area contributed by atoms with Crippen molar-refractivity contribution in [3.05, 3.63) is 30.1 Å². The molecule has 0 spiro atoms. The normalized spacial score (nSPS) is 23.9. The molecule has 0 bridgehead atoms. The van der Waals surface area contributed by atoms with E-state index in [0.717, 1.165) is 26.2 Å². The number of nitrogens with zero attached hydrogens (tertiary/aromatic N) is 2. The van der Waals surface area contributed by atoms with Crippen molar-refractivity contribution in [2.24, 2.45) is 0 Å². The molecule has 1 saturated heterocycles. The van der Waals surface area contributed by atoms with Crippen molar-refractivity contribution >= 4 is 0 Å². The highest BCUT2D eigenvalue weighted by atomic mass is 16.5. The summed E-state index contributed by atoms with van der Waals surface area (Å²) >= 11 is 0. The molecule has 1 N–H and O–H groups in total. The third-order valence-corrected chi connectivity index (χ3v) is 3.63. The molecule has 0 aliphatic carbocycles. The highest BCUT2D eigenvalue weighted by molar-refractivity contribution is 5.07. The standard InChI is InChI=1S/C16H27N3O/c1-14-12-19(13-15(2)20-14)9-4-3-7-17-10-16-6-5-8-18-11-16/h5-6,8,11,14-15,17H,3-4,7,9-10,12-13H2,1-2H3. The quantitative estimate of drug-likeness (QED) is 0.774. The Morgan fingerprint density at radius 2 is 2.10 bits per heavy atom. The van der Waals surface area contributed by atoms with Gasteiger partial charge in [0.1, 0.15) is 0 Å². The smallest absolute Gasteiger partial charge is 0.0678 e. The van der Waals surface area contributed by atoms with Crippen LogP contribution in [0, 0.1) is 0 Å². The largest absolute Gasteiger partial charge is 0.373 e. The van der Waals surface area contributed by atoms with Crippen LogP contribution in [0.4, 0.5) is 0 Å². The van der Waals surface area contributed by atoms with E-state index < -0.39 is 0 Å². The minimum absolute atomic E-state index is 0.377. The number of pyridine rings is 1. The summed E-state index contributed by atoms with van der Waals surface area (Å²) in [5.74, 6) is 0. The number of hydrogen-bond acceptors (Lipinski definition) is 4. The summed E-state index contributed by atoms with van der Waals surface area (Å²) in [7, 11) is 0. The van der Waals surface area contributed by atoms with Crippen molar-refractivity contribution in [3.63, 3.8) is 0 Å². The zero-order chi connectivity index (χ0) is 14.2. The zero-order valence-electron chi connectivity index (χ0n) is 12.7. The van der Waals surface area contributed by atoms with Gasteiger partial charge in [-0.1, -0.05) is 6.07 Å². The van der Waals surface area contributed by atoms with Gasteiger partial charge < -0.3 is 10.1 Å². The Labute approximate surface area is 122 Å². The first-order chi connectivity index (χ1) is 9.74. The molecular formula is C16H27N3O. The van der Waals surface area contributed by atoms with Gasteiger partial charge in [-0.3, -0.25) is 9.88 Å². The maximum absolute atomic E-state index is 5.75. The summed E-state index contributed by atoms with van der Waals surface area (Å²) in [6, 6.07) is 4.09. The summed E-state index contributed by atoms with van der Waals surface area (Å²) in [5.41, 5.74) is 1.25. The number of hydrogen-bond donors (Lipinski definition) is 1. The van der Waals surface area contributed by atoms with Crippen LogP contribution in [0.5, 0.6) is 0 Å². The molecule has 2 unspecified atom stereocenters. The van der Waals surface area contributed by atoms with E-state index in [-0.39, 0.29) is 0 Å². The molecule has 1 aliphatic heterocycles. The number of unbranched alkanes of at least 4 members (excludes halogenated alkanes) is 1. The lowest BCUT2D eigenvalue weighted by Crippen LogP contribution is -2.45. The van der Waals surface area contributed by atoms with Crippen LogP contribution in [0.15, 0.2) is 24.5 Å². The van der Waals surface area contributed by atoms with Gasteiger partial charge in [0, 0.05) is 32.0 Å². The average Bonchev–Trinajstić information content (AvgIpc) is 2.43. The van der Waals surface area contributed by atoms with E-state index in [2.05, 4.69) is 35.1 Å². The van der Waals surface area contributed by atoms with Crippen molar-refractivity contribution in [2.45, 2.75) is 45.4 Å². The maximum atomic E-state index is 5.75. The first kappa shape index (κ1) is 15.4. The van der Waals surface area contributed by atoms with Gasteiger partial charge in [0.15, 0.2) is 0 Å². The molecule has 0 amide bonds. The fraction of sp³-hybridized carbons (Fsp3) is 0.688. The van der Waals surface area contributed by atoms with Crippen molar-refractivity contribution in [1.82, 2.24) is 15.2 Å². The molecule has 20 heavy (non-hydrogen) atoms. The molecule has 2 rings (SSSR count). The number of ether oxygens (including phenoxy) is 1. The zero-order valence-corrected chi connectivity index (χ0v) is 12.7. The van der Waals surface area contributed by atoms with E-state index in [9.17, 15) is 0 Å². The SMILES string of the molecule is CC1CN(CCCCNCc2cccnc2)CC(C)O1. The minimum atomic E-state index is 0.377. The van der Waals surface area contributed by atoms with Crippen LogP contribution in [0.25, 0.3) is 0 Å². The minimum Gasteiger partial charge on any atom is -0.373 e. The van der Waals surface area contributed by atoms with Crippen LogP contribution in [-0.2, 0) is 11.3 Å². The van der Waals surface area contributed by atoms with E-state index in [1.165, 1.54) is 24.9 Å². The molecule has 0 radical (unpaired) electrons. The first-order valence-corrected chi connectivity index (χ1v) is 7.71. The highest BCUT2D eigenvalue weighted by Gasteiger charge is 2.21. The van der Waals surface area contributed by atoms with Crippen LogP contribution in [-0.4, -0.2) is 48.3 Å². The number of nitrogens with one attached hydrogen (secondary N) is 1. The Bertz CT molecular complexity index is 361. The second kappa shape index (κ2) is 8.35. The van der Waals surface area contributed by atoms with Gasteiger partial charge in [-0.05, 0) is 51.4 Å². The van der Waals surface area contributed by atoms with Gasteiger partial charge in [-0.2, -0.15) is 0 Å². The molecule has 1 aliphatic rings. The Balaban J connectivity index is 1.51. The van der Waals surface area contributed by atoms with Gasteiger partial charge in [0.25, 0.3) is 0 Å². The molecule has 4 nitrogen and oxygen atoms in total. The lowest BCUT2D eigenvalue weighted by Gasteiger charge is -2.35. The van der Waals surface area contributed by atoms with Crippen LogP contribution >= 0.6 is 0 Å². The lowest BCUT2D eigenvalue weighted by molar-refractivity contribution is -0.0681. The summed E-state index contributed by atoms with van der Waals surface area (Å²) in [6.45, 7) is 9.66. The van der Waals surface area contributed by atoms with E-state index in [0.29, 0.717) is 12.2 Å². The molecule has 1 aromatic heterocycles. The van der Waals surface area contributed by atoms with Crippen LogP contribution in [0.3, 0.4) is 0 Å². The molecule has 2 heterocycles. The van der Waals surface area contributed by atoms with Crippen LogP contribution in [0.2, 0.25) is 0 Å². The summed E-state index contributed by atoms with van der Waals surface area (Å²) in [6.07, 6.45) is 6.96. The third-order valence-electron chi connectivity index (χ3n) is 3.63. The molecule has 0 aromatic carbocycles. The Morgan fingerprint density at radius 1 is 1.30 bits per heavy atom. The van der Waals surface area contributed by atoms with E-state index >= 15 is 0 Å². The van der Waals surface area contributed by atoms with Gasteiger partial charge in [0.05, 0.1) is 12.2 Å². The van der Waals surface area contributed by atoms with Crippen LogP contribution < -0.4 is 5.32 Å². The summed E-state index contributed by atoms with van der Waals surface area (Å²) in [4.78, 5) is 6.64. The van der Waals surface area contributed by atoms with Crippen LogP contribution in [0.1, 0.15) is 32.3 Å². The molecule has 2 atom stereocenters. The molecular weight excluding hydrogens is 250 g/mol. The highest BCUT2D eigenvalue weighted by Crippen LogP contribution is 2.11. The molecule has 1 aromatic rings. The Morgan fingerprint density at radius 3 is 2.80 bits per heavy atom. The lowest BCUT2D eigenvalue weighted by atomic mass is 10.2. The molecule has 4 heteroatoms. The van der Waals surface area contributed by atoms with E-state index in [1.54, 1.807) is 0 Å². The summed E-state index contributed by atoms with van der Waals surface area (Å²) < 4.78 is 5.75. The number of morpholine rings is 1. The monoisotopic (exact) mass is 277 g/mol. The molecule has 112 valence electrons. The molecule has 1 fully saturated rings. The predicted molar refractivity (Wildman–Crippen MR) is 81.6 cm³/mol. The second-order valence-electron chi connectivity index (χ2n) is 5.76.